The number of anilines is 1. The van der Waals surface area contributed by atoms with Crippen LogP contribution in [0.5, 0.6) is 0 Å². The molecule has 0 saturated heterocycles. The lowest BCUT2D eigenvalue weighted by atomic mass is 10.3. The van der Waals surface area contributed by atoms with Gasteiger partial charge in [-0.1, -0.05) is 18.2 Å². The van der Waals surface area contributed by atoms with Crippen molar-refractivity contribution in [1.82, 2.24) is 9.78 Å². The van der Waals surface area contributed by atoms with E-state index in [0.717, 1.165) is 11.5 Å². The molecule has 0 aliphatic carbocycles. The Hall–Kier alpha value is -1.81. The SMILES string of the molecule is OCCNc1ccnn1-c1ccccc1. The highest BCUT2D eigenvalue weighted by Crippen LogP contribution is 2.13. The number of aliphatic hydroxyl groups is 1. The molecule has 0 atom stereocenters. The molecule has 4 heteroatoms. The first-order valence-electron chi connectivity index (χ1n) is 4.86. The summed E-state index contributed by atoms with van der Waals surface area (Å²) >= 11 is 0. The van der Waals surface area contributed by atoms with E-state index in [4.69, 9.17) is 5.11 Å². The molecule has 0 amide bonds. The van der Waals surface area contributed by atoms with Crippen molar-refractivity contribution >= 4 is 5.82 Å². The molecule has 1 aromatic heterocycles. The highest BCUT2D eigenvalue weighted by atomic mass is 16.3. The highest BCUT2D eigenvalue weighted by Gasteiger charge is 2.02. The second kappa shape index (κ2) is 4.61. The van der Waals surface area contributed by atoms with Gasteiger partial charge in [0.2, 0.25) is 0 Å². The van der Waals surface area contributed by atoms with Crippen LogP contribution in [-0.4, -0.2) is 28.0 Å². The van der Waals surface area contributed by atoms with Crippen molar-refractivity contribution in [3.8, 4) is 5.69 Å². The van der Waals surface area contributed by atoms with Crippen LogP contribution < -0.4 is 5.32 Å². The number of nitrogens with one attached hydrogen (secondary N) is 1. The number of benzene rings is 1. The maximum absolute atomic E-state index is 8.73. The van der Waals surface area contributed by atoms with Gasteiger partial charge in [0, 0.05) is 12.6 Å². The van der Waals surface area contributed by atoms with Gasteiger partial charge in [-0.3, -0.25) is 0 Å². The standard InChI is InChI=1S/C11H13N3O/c15-9-8-12-11-6-7-13-14(11)10-4-2-1-3-5-10/h1-7,12,15H,8-9H2. The van der Waals surface area contributed by atoms with Gasteiger partial charge in [-0.05, 0) is 12.1 Å². The van der Waals surface area contributed by atoms with E-state index in [9.17, 15) is 0 Å². The van der Waals surface area contributed by atoms with Gasteiger partial charge in [0.1, 0.15) is 5.82 Å². The normalized spacial score (nSPS) is 10.2. The Morgan fingerprint density at radius 3 is 2.73 bits per heavy atom. The number of aromatic nitrogens is 2. The van der Waals surface area contributed by atoms with Gasteiger partial charge in [0.05, 0.1) is 18.5 Å². The summed E-state index contributed by atoms with van der Waals surface area (Å²) in [6.45, 7) is 0.637. The molecule has 0 bridgehead atoms. The fourth-order valence-electron chi connectivity index (χ4n) is 1.40. The summed E-state index contributed by atoms with van der Waals surface area (Å²) in [6, 6.07) is 11.7. The Bertz CT molecular complexity index is 411. The first-order chi connectivity index (χ1) is 7.42. The largest absolute Gasteiger partial charge is 0.395 e. The lowest BCUT2D eigenvalue weighted by Crippen LogP contribution is -2.10. The molecule has 0 radical (unpaired) electrons. The third-order valence-corrected chi connectivity index (χ3v) is 2.06. The zero-order valence-electron chi connectivity index (χ0n) is 8.30. The predicted molar refractivity (Wildman–Crippen MR) is 59.1 cm³/mol. The maximum atomic E-state index is 8.73. The Morgan fingerprint density at radius 2 is 2.00 bits per heavy atom. The second-order valence-electron chi connectivity index (χ2n) is 3.11. The first kappa shape index (κ1) is 9.73. The quantitative estimate of drug-likeness (QED) is 0.787. The minimum absolute atomic E-state index is 0.111. The molecular weight excluding hydrogens is 190 g/mol. The van der Waals surface area contributed by atoms with Crippen LogP contribution in [-0.2, 0) is 0 Å². The summed E-state index contributed by atoms with van der Waals surface area (Å²) in [4.78, 5) is 0. The lowest BCUT2D eigenvalue weighted by Gasteiger charge is -2.08. The van der Waals surface area contributed by atoms with Gasteiger partial charge in [-0.15, -0.1) is 0 Å². The van der Waals surface area contributed by atoms with Crippen LogP contribution in [0.25, 0.3) is 5.69 Å². The Balaban J connectivity index is 2.25. The Morgan fingerprint density at radius 1 is 1.20 bits per heavy atom. The van der Waals surface area contributed by atoms with Crippen molar-refractivity contribution in [2.24, 2.45) is 0 Å². The summed E-state index contributed by atoms with van der Waals surface area (Å²) < 4.78 is 1.80. The summed E-state index contributed by atoms with van der Waals surface area (Å²) in [7, 11) is 0. The first-order valence-corrected chi connectivity index (χ1v) is 4.86. The van der Waals surface area contributed by atoms with Crippen LogP contribution >= 0.6 is 0 Å². The molecule has 1 heterocycles. The Labute approximate surface area is 88.2 Å². The number of hydrogen-bond acceptors (Lipinski definition) is 3. The van der Waals surface area contributed by atoms with Crippen LogP contribution in [0.3, 0.4) is 0 Å². The minimum atomic E-state index is 0.111. The summed E-state index contributed by atoms with van der Waals surface area (Å²) in [5.74, 6) is 0.884. The van der Waals surface area contributed by atoms with E-state index in [0.29, 0.717) is 6.54 Å². The zero-order chi connectivity index (χ0) is 10.5. The monoisotopic (exact) mass is 203 g/mol. The topological polar surface area (TPSA) is 50.1 Å². The molecule has 2 aromatic rings. The van der Waals surface area contributed by atoms with Gasteiger partial charge in [-0.2, -0.15) is 5.10 Å². The van der Waals surface area contributed by atoms with E-state index in [2.05, 4.69) is 10.4 Å². The zero-order valence-corrected chi connectivity index (χ0v) is 8.30. The van der Waals surface area contributed by atoms with Gasteiger partial charge >= 0.3 is 0 Å². The average Bonchev–Trinajstić information content (AvgIpc) is 2.75. The van der Waals surface area contributed by atoms with Crippen LogP contribution in [0.15, 0.2) is 42.6 Å². The van der Waals surface area contributed by atoms with Crippen molar-refractivity contribution in [2.45, 2.75) is 0 Å². The molecule has 2 N–H and O–H groups in total. The lowest BCUT2D eigenvalue weighted by molar-refractivity contribution is 0.311. The molecule has 15 heavy (non-hydrogen) atoms. The van der Waals surface area contributed by atoms with Crippen molar-refractivity contribution in [2.75, 3.05) is 18.5 Å². The molecule has 78 valence electrons. The van der Waals surface area contributed by atoms with Crippen molar-refractivity contribution in [3.05, 3.63) is 42.6 Å². The van der Waals surface area contributed by atoms with Gasteiger partial charge in [0.15, 0.2) is 0 Å². The molecule has 4 nitrogen and oxygen atoms in total. The summed E-state index contributed by atoms with van der Waals surface area (Å²) in [5.41, 5.74) is 1.00. The van der Waals surface area contributed by atoms with Gasteiger partial charge in [-0.25, -0.2) is 4.68 Å². The number of aliphatic hydroxyl groups excluding tert-OH is 1. The van der Waals surface area contributed by atoms with E-state index >= 15 is 0 Å². The third kappa shape index (κ3) is 2.16. The predicted octanol–water partition coefficient (Wildman–Crippen LogP) is 1.28. The Kier molecular flexibility index (Phi) is 2.99. The van der Waals surface area contributed by atoms with Crippen LogP contribution in [0, 0.1) is 0 Å². The number of nitrogens with zero attached hydrogens (tertiary/aromatic N) is 2. The van der Waals surface area contributed by atoms with Crippen molar-refractivity contribution in [3.63, 3.8) is 0 Å². The molecule has 1 aromatic carbocycles. The fraction of sp³-hybridized carbons (Fsp3) is 0.182. The van der Waals surface area contributed by atoms with Crippen LogP contribution in [0.4, 0.5) is 5.82 Å². The van der Waals surface area contributed by atoms with E-state index in [1.54, 1.807) is 10.9 Å². The van der Waals surface area contributed by atoms with E-state index in [1.807, 2.05) is 36.4 Å². The number of hydrogen-bond donors (Lipinski definition) is 2. The molecule has 0 unspecified atom stereocenters. The van der Waals surface area contributed by atoms with Crippen LogP contribution in [0.2, 0.25) is 0 Å². The number of para-hydroxylation sites is 1. The van der Waals surface area contributed by atoms with Crippen molar-refractivity contribution in [1.29, 1.82) is 0 Å². The van der Waals surface area contributed by atoms with E-state index in [1.165, 1.54) is 0 Å². The highest BCUT2D eigenvalue weighted by molar-refractivity contribution is 5.44. The fourth-order valence-corrected chi connectivity index (χ4v) is 1.40. The average molecular weight is 203 g/mol. The molecule has 0 fully saturated rings. The van der Waals surface area contributed by atoms with Gasteiger partial charge in [0.25, 0.3) is 0 Å². The van der Waals surface area contributed by atoms with Crippen molar-refractivity contribution < 1.29 is 5.11 Å². The van der Waals surface area contributed by atoms with E-state index in [-0.39, 0.29) is 6.61 Å². The van der Waals surface area contributed by atoms with E-state index < -0.39 is 0 Å². The molecular formula is C11H13N3O. The maximum Gasteiger partial charge on any atom is 0.129 e. The molecule has 0 aliphatic heterocycles. The minimum Gasteiger partial charge on any atom is -0.395 e. The second-order valence-corrected chi connectivity index (χ2v) is 3.11. The smallest absolute Gasteiger partial charge is 0.129 e. The third-order valence-electron chi connectivity index (χ3n) is 2.06. The summed E-state index contributed by atoms with van der Waals surface area (Å²) in [6.07, 6.45) is 1.73. The number of rotatable bonds is 4. The molecule has 0 aliphatic rings. The molecule has 0 spiro atoms. The summed E-state index contributed by atoms with van der Waals surface area (Å²) in [5, 5.41) is 16.0. The van der Waals surface area contributed by atoms with Gasteiger partial charge < -0.3 is 10.4 Å². The molecule has 0 saturated carbocycles. The molecule has 2 rings (SSSR count). The van der Waals surface area contributed by atoms with Crippen LogP contribution in [0.1, 0.15) is 0 Å².